The minimum absolute atomic E-state index is 0.0339. The Morgan fingerprint density at radius 2 is 1.34 bits per heavy atom. The van der Waals surface area contributed by atoms with Crippen molar-refractivity contribution in [1.82, 2.24) is 0 Å². The molecule has 71 heavy (non-hydrogen) atoms. The third-order valence-corrected chi connectivity index (χ3v) is 16.4. The summed E-state index contributed by atoms with van der Waals surface area (Å²) in [5.74, 6) is -5.76. The summed E-state index contributed by atoms with van der Waals surface area (Å²) >= 11 is 0. The normalized spacial score (nSPS) is 40.0. The zero-order chi connectivity index (χ0) is 52.5. The number of ether oxygens (including phenoxy) is 10. The summed E-state index contributed by atoms with van der Waals surface area (Å²) in [6.45, 7) is 19.3. The fraction of sp³-hybridized carbons (Fsp3) is 0.750. The SMILES string of the molecule is CC(=O)OC[C@H]1O[C@@H](O[C@H]2C=C[C@@H](O[C@@H]3CC[C@@]4(C)C(CC[C@@]5(C)C4C(O)C[C@H]4/C(=C(\CCC=C(C)C)C(=O)O)[C@@H](OC(C)=O)C[C@@]45C)[C@@H]3C)O[C@@H]2OC(C)=O)[C@H](OC(C)=O)[C@@H](OC(C)=O)[C@@H]1OC(C)=O. The summed E-state index contributed by atoms with van der Waals surface area (Å²) in [7, 11) is 0. The van der Waals surface area contributed by atoms with Crippen LogP contribution in [0.25, 0.3) is 0 Å². The zero-order valence-corrected chi connectivity index (χ0v) is 43.1. The molecule has 18 atom stereocenters. The number of rotatable bonds is 15. The van der Waals surface area contributed by atoms with Gasteiger partial charge in [-0.2, -0.15) is 0 Å². The monoisotopic (exact) mass is 1000 g/mol. The van der Waals surface area contributed by atoms with E-state index < -0.39 is 121 Å². The van der Waals surface area contributed by atoms with Gasteiger partial charge in [0.05, 0.1) is 12.2 Å². The highest BCUT2D eigenvalue weighted by atomic mass is 16.8. The molecular weight excluding hydrogens is 929 g/mol. The molecule has 0 aromatic carbocycles. The molecule has 0 aromatic rings. The number of carbonyl (C=O) groups is 7. The molecule has 4 saturated carbocycles. The molecule has 0 aromatic heterocycles. The number of aliphatic hydroxyl groups is 1. The Hall–Kier alpha value is -4.69. The Morgan fingerprint density at radius 1 is 0.718 bits per heavy atom. The molecule has 19 heteroatoms. The quantitative estimate of drug-likeness (QED) is 0.0831. The van der Waals surface area contributed by atoms with Crippen LogP contribution in [-0.2, 0) is 80.9 Å². The van der Waals surface area contributed by atoms with Gasteiger partial charge in [-0.1, -0.05) is 39.3 Å². The van der Waals surface area contributed by atoms with E-state index in [9.17, 15) is 43.8 Å². The van der Waals surface area contributed by atoms with Gasteiger partial charge in [-0.25, -0.2) is 4.79 Å². The van der Waals surface area contributed by atoms with E-state index in [1.165, 1.54) is 13.8 Å². The first kappa shape index (κ1) is 55.6. The van der Waals surface area contributed by atoms with Crippen LogP contribution < -0.4 is 0 Å². The number of allylic oxidation sites excluding steroid dienone is 2. The molecule has 5 fully saturated rings. The molecule has 0 amide bonds. The number of carbonyl (C=O) groups excluding carboxylic acids is 6. The van der Waals surface area contributed by atoms with E-state index in [0.717, 1.165) is 46.1 Å². The molecule has 0 radical (unpaired) electrons. The van der Waals surface area contributed by atoms with E-state index >= 15 is 0 Å². The predicted molar refractivity (Wildman–Crippen MR) is 248 cm³/mol. The second-order valence-corrected chi connectivity index (χ2v) is 21.3. The number of hydrogen-bond acceptors (Lipinski definition) is 18. The number of carboxylic acids is 1. The van der Waals surface area contributed by atoms with Crippen molar-refractivity contribution in [2.45, 2.75) is 202 Å². The lowest BCUT2D eigenvalue weighted by Gasteiger charge is -2.69. The fourth-order valence-corrected chi connectivity index (χ4v) is 13.6. The van der Waals surface area contributed by atoms with Crippen LogP contribution in [0.1, 0.15) is 134 Å². The number of carboxylic acid groups (broad SMARTS) is 1. The second-order valence-electron chi connectivity index (χ2n) is 21.3. The van der Waals surface area contributed by atoms with Crippen LogP contribution in [-0.4, -0.2) is 126 Å². The van der Waals surface area contributed by atoms with Crippen LogP contribution in [0.15, 0.2) is 34.9 Å². The topological polar surface area (TPSA) is 252 Å². The lowest BCUT2D eigenvalue weighted by Crippen LogP contribution is -2.65. The highest BCUT2D eigenvalue weighted by Gasteiger charge is 2.71. The number of fused-ring (bicyclic) bond motifs is 5. The zero-order valence-electron chi connectivity index (χ0n) is 43.1. The van der Waals surface area contributed by atoms with Crippen LogP contribution in [0.4, 0.5) is 0 Å². The average Bonchev–Trinajstić information content (AvgIpc) is 3.52. The van der Waals surface area contributed by atoms with E-state index in [1.807, 2.05) is 19.9 Å². The summed E-state index contributed by atoms with van der Waals surface area (Å²) in [4.78, 5) is 87.1. The van der Waals surface area contributed by atoms with Crippen molar-refractivity contribution >= 4 is 41.8 Å². The van der Waals surface area contributed by atoms with Crippen molar-refractivity contribution in [1.29, 1.82) is 0 Å². The van der Waals surface area contributed by atoms with Crippen molar-refractivity contribution in [2.24, 2.45) is 39.9 Å². The van der Waals surface area contributed by atoms with Gasteiger partial charge in [-0.3, -0.25) is 28.8 Å². The smallest absolute Gasteiger partial charge is 0.331 e. The third-order valence-electron chi connectivity index (χ3n) is 16.4. The summed E-state index contributed by atoms with van der Waals surface area (Å²) in [6, 6.07) is 0. The van der Waals surface area contributed by atoms with Crippen LogP contribution in [0.3, 0.4) is 0 Å². The molecule has 2 heterocycles. The van der Waals surface area contributed by atoms with Gasteiger partial charge >= 0.3 is 41.8 Å². The van der Waals surface area contributed by atoms with Gasteiger partial charge in [0.15, 0.2) is 30.9 Å². The molecule has 4 aliphatic carbocycles. The minimum Gasteiger partial charge on any atom is -0.478 e. The van der Waals surface area contributed by atoms with Gasteiger partial charge in [0, 0.05) is 47.1 Å². The highest BCUT2D eigenvalue weighted by molar-refractivity contribution is 5.88. The predicted octanol–water partition coefficient (Wildman–Crippen LogP) is 5.96. The van der Waals surface area contributed by atoms with Crippen molar-refractivity contribution in [3.63, 3.8) is 0 Å². The molecule has 2 N–H and O–H groups in total. The largest absolute Gasteiger partial charge is 0.478 e. The van der Waals surface area contributed by atoms with Crippen molar-refractivity contribution in [3.8, 4) is 0 Å². The maximum Gasteiger partial charge on any atom is 0.331 e. The van der Waals surface area contributed by atoms with E-state index in [0.29, 0.717) is 37.7 Å². The van der Waals surface area contributed by atoms with Crippen LogP contribution in [0.5, 0.6) is 0 Å². The lowest BCUT2D eigenvalue weighted by molar-refractivity contribution is -0.339. The Kier molecular flexibility index (Phi) is 17.4. The van der Waals surface area contributed by atoms with E-state index in [-0.39, 0.29) is 47.2 Å². The Labute approximate surface area is 415 Å². The van der Waals surface area contributed by atoms with Crippen molar-refractivity contribution < 1.29 is 91.1 Å². The minimum atomic E-state index is -1.59. The first-order chi connectivity index (χ1) is 33.2. The summed E-state index contributed by atoms with van der Waals surface area (Å²) in [5.41, 5.74) is 0.679. The van der Waals surface area contributed by atoms with E-state index in [4.69, 9.17) is 47.4 Å². The molecule has 3 unspecified atom stereocenters. The standard InChI is InChI=1S/C52H74O19/c1-25(2)14-13-15-33(47(60)61)42-35-22-36(59)46-50(10)20-19-37(26(3)34(50)18-21-51(46,11)52(35,12)23-39(42)63-28(5)54)68-41-17-16-38(48(71-41)67-32(9)58)69-49-45(66-31(8)57)44(65-30(7)56)43(64-29(6)55)40(70-49)24-62-27(4)53/h14,16-17,26,34-41,43-46,48-49,59H,13,15,18-24H2,1-12H3,(H,60,61)/b42-33-/t26-,34?,35-,36?,37+,38-,39-,40+,41-,43+,44-,45+,46?,48-,49+,50-,51-,52-/m0/s1. The molecular formula is C52H74O19. The van der Waals surface area contributed by atoms with Crippen LogP contribution in [0, 0.1) is 39.9 Å². The fourth-order valence-electron chi connectivity index (χ4n) is 13.6. The van der Waals surface area contributed by atoms with E-state index in [1.54, 1.807) is 12.2 Å². The molecule has 6 rings (SSSR count). The molecule has 6 aliphatic rings. The number of aliphatic carboxylic acids is 1. The lowest BCUT2D eigenvalue weighted by atomic mass is 9.36. The summed E-state index contributed by atoms with van der Waals surface area (Å²) < 4.78 is 58.7. The van der Waals surface area contributed by atoms with Gasteiger partial charge in [-0.15, -0.1) is 0 Å². The highest BCUT2D eigenvalue weighted by Crippen LogP contribution is 2.74. The third kappa shape index (κ3) is 11.7. The van der Waals surface area contributed by atoms with Crippen LogP contribution in [0.2, 0.25) is 0 Å². The Balaban J connectivity index is 1.23. The first-order valence-corrected chi connectivity index (χ1v) is 24.8. The molecule has 1 saturated heterocycles. The molecule has 0 spiro atoms. The molecule has 2 aliphatic heterocycles. The number of aliphatic hydroxyl groups excluding tert-OH is 1. The second kappa shape index (κ2) is 22.2. The summed E-state index contributed by atoms with van der Waals surface area (Å²) in [6.07, 6.45) is -3.22. The Morgan fingerprint density at radius 3 is 1.93 bits per heavy atom. The van der Waals surface area contributed by atoms with Gasteiger partial charge < -0.3 is 57.6 Å². The van der Waals surface area contributed by atoms with Gasteiger partial charge in [0.1, 0.15) is 24.9 Å². The van der Waals surface area contributed by atoms with E-state index in [2.05, 4.69) is 27.7 Å². The van der Waals surface area contributed by atoms with Gasteiger partial charge in [0.2, 0.25) is 6.29 Å². The number of hydrogen-bond donors (Lipinski definition) is 2. The average molecular weight is 1000 g/mol. The van der Waals surface area contributed by atoms with Crippen LogP contribution >= 0.6 is 0 Å². The molecule has 19 nitrogen and oxygen atoms in total. The van der Waals surface area contributed by atoms with Crippen molar-refractivity contribution in [2.75, 3.05) is 6.61 Å². The molecule has 0 bridgehead atoms. The number of esters is 6. The maximum atomic E-state index is 13.0. The first-order valence-electron chi connectivity index (χ1n) is 24.8. The van der Waals surface area contributed by atoms with Crippen molar-refractivity contribution in [3.05, 3.63) is 34.9 Å². The maximum absolute atomic E-state index is 13.0. The van der Waals surface area contributed by atoms with Gasteiger partial charge in [0.25, 0.3) is 0 Å². The molecule has 396 valence electrons. The van der Waals surface area contributed by atoms with Gasteiger partial charge in [-0.05, 0) is 123 Å². The summed E-state index contributed by atoms with van der Waals surface area (Å²) in [5, 5.41) is 23.1. The Bertz CT molecular complexity index is 2140.